The lowest BCUT2D eigenvalue weighted by Gasteiger charge is -2.12. The lowest BCUT2D eigenvalue weighted by molar-refractivity contribution is 1.19. The molecule has 3 nitrogen and oxygen atoms in total. The van der Waals surface area contributed by atoms with E-state index in [1.807, 2.05) is 6.92 Å². The van der Waals surface area contributed by atoms with Crippen LogP contribution in [0.1, 0.15) is 32.7 Å². The number of thiol groups is 1. The van der Waals surface area contributed by atoms with E-state index in [2.05, 4.69) is 42.5 Å². The maximum Gasteiger partial charge on any atom is 0.159 e. The van der Waals surface area contributed by atoms with E-state index in [1.165, 1.54) is 22.5 Å². The summed E-state index contributed by atoms with van der Waals surface area (Å²) < 4.78 is 0.676. The lowest BCUT2D eigenvalue weighted by Crippen LogP contribution is -2.06. The Morgan fingerprint density at radius 2 is 1.95 bits per heavy atom. The molecule has 102 valence electrons. The van der Waals surface area contributed by atoms with E-state index >= 15 is 0 Å². The third-order valence-electron chi connectivity index (χ3n) is 3.59. The van der Waals surface area contributed by atoms with Gasteiger partial charge in [0.05, 0.1) is 15.6 Å². The molecule has 0 spiro atoms. The average molecular weight is 319 g/mol. The molecule has 0 fully saturated rings. The van der Waals surface area contributed by atoms with Crippen LogP contribution < -0.4 is 0 Å². The first-order valence-electron chi connectivity index (χ1n) is 6.11. The Labute approximate surface area is 131 Å². The molecule has 0 bridgehead atoms. The molecule has 0 saturated heterocycles. The molecular weight excluding hydrogens is 306 g/mol. The van der Waals surface area contributed by atoms with Crippen molar-refractivity contribution in [3.05, 3.63) is 42.7 Å². The normalized spacial score (nSPS) is 13.6. The van der Waals surface area contributed by atoms with Crippen molar-refractivity contribution in [3.8, 4) is 0 Å². The van der Waals surface area contributed by atoms with Crippen LogP contribution in [0.3, 0.4) is 0 Å². The molecule has 2 N–H and O–H groups in total. The van der Waals surface area contributed by atoms with Crippen molar-refractivity contribution in [2.75, 3.05) is 0 Å². The Balaban J connectivity index is 2.35. The number of aromatic amines is 1. The molecular formula is C14H13N3S3. The number of H-pyrrole nitrogens is 1. The Morgan fingerprint density at radius 1 is 1.25 bits per heavy atom. The van der Waals surface area contributed by atoms with Crippen LogP contribution in [-0.2, 0) is 0 Å². The second-order valence-electron chi connectivity index (χ2n) is 4.89. The first-order valence-corrected chi connectivity index (χ1v) is 7.78. The maximum absolute atomic E-state index is 8.15. The number of amidine groups is 1. The van der Waals surface area contributed by atoms with Gasteiger partial charge in [-0.3, -0.25) is 5.41 Å². The lowest BCUT2D eigenvalue weighted by atomic mass is 9.92. The minimum atomic E-state index is 0.322. The molecule has 20 heavy (non-hydrogen) atoms. The highest BCUT2D eigenvalue weighted by Gasteiger charge is 2.28. The van der Waals surface area contributed by atoms with Crippen molar-refractivity contribution in [2.24, 2.45) is 4.99 Å². The van der Waals surface area contributed by atoms with E-state index in [-0.39, 0.29) is 0 Å². The first kappa shape index (κ1) is 13.7. The Hall–Kier alpha value is -1.24. The van der Waals surface area contributed by atoms with Crippen LogP contribution in [0.2, 0.25) is 0 Å². The number of rotatable bonds is 1. The number of hydrogen-bond acceptors (Lipinski definition) is 4. The van der Waals surface area contributed by atoms with Gasteiger partial charge in [0.25, 0.3) is 0 Å². The van der Waals surface area contributed by atoms with Gasteiger partial charge < -0.3 is 4.98 Å². The van der Waals surface area contributed by atoms with Crippen molar-refractivity contribution in [1.82, 2.24) is 4.98 Å². The highest BCUT2D eigenvalue weighted by molar-refractivity contribution is 7.80. The molecule has 1 aromatic heterocycles. The highest BCUT2D eigenvalue weighted by atomic mass is 32.1. The number of hydrogen-bond donors (Lipinski definition) is 3. The van der Waals surface area contributed by atoms with Gasteiger partial charge in [0.1, 0.15) is 0 Å². The summed E-state index contributed by atoms with van der Waals surface area (Å²) in [5.41, 5.74) is 6.26. The number of benzene rings is 1. The molecule has 0 radical (unpaired) electrons. The van der Waals surface area contributed by atoms with Gasteiger partial charge in [-0.1, -0.05) is 6.07 Å². The molecule has 0 unspecified atom stereocenters. The summed E-state index contributed by atoms with van der Waals surface area (Å²) >= 11 is 11.1. The molecule has 1 aliphatic rings. The zero-order chi connectivity index (χ0) is 14.6. The van der Waals surface area contributed by atoms with E-state index in [4.69, 9.17) is 17.6 Å². The second-order valence-corrected chi connectivity index (χ2v) is 7.02. The van der Waals surface area contributed by atoms with E-state index in [0.717, 1.165) is 32.3 Å². The number of aryl methyl sites for hydroxylation is 2. The zero-order valence-electron chi connectivity index (χ0n) is 11.3. The van der Waals surface area contributed by atoms with Crippen molar-refractivity contribution in [1.29, 1.82) is 5.41 Å². The first-order chi connectivity index (χ1) is 9.40. The van der Waals surface area contributed by atoms with Gasteiger partial charge in [-0.05, 0) is 49.7 Å². The molecule has 0 aliphatic carbocycles. The van der Waals surface area contributed by atoms with E-state index in [0.29, 0.717) is 9.79 Å². The van der Waals surface area contributed by atoms with E-state index in [1.54, 1.807) is 0 Å². The van der Waals surface area contributed by atoms with Gasteiger partial charge in [0, 0.05) is 11.1 Å². The molecule has 2 heterocycles. The zero-order valence-corrected chi connectivity index (χ0v) is 13.8. The SMILES string of the molecule is Cc1cc(C)c2c(c1C)C(c1sc(=S)[nH]c1S)=NC2=N. The van der Waals surface area contributed by atoms with Gasteiger partial charge in [-0.2, -0.15) is 0 Å². The molecule has 0 atom stereocenters. The van der Waals surface area contributed by atoms with Gasteiger partial charge in [-0.15, -0.1) is 24.0 Å². The largest absolute Gasteiger partial charge is 0.332 e. The molecule has 1 aromatic carbocycles. The number of aromatic nitrogens is 1. The van der Waals surface area contributed by atoms with Gasteiger partial charge in [-0.25, -0.2) is 4.99 Å². The molecule has 1 aliphatic heterocycles. The smallest absolute Gasteiger partial charge is 0.159 e. The third kappa shape index (κ3) is 1.90. The number of aliphatic imine (C=N–C) groups is 1. The van der Waals surface area contributed by atoms with Crippen LogP contribution in [0.5, 0.6) is 0 Å². The van der Waals surface area contributed by atoms with Gasteiger partial charge in [0.15, 0.2) is 9.79 Å². The fourth-order valence-electron chi connectivity index (χ4n) is 2.56. The van der Waals surface area contributed by atoms with Crippen LogP contribution in [0, 0.1) is 30.1 Å². The van der Waals surface area contributed by atoms with Crippen molar-refractivity contribution >= 4 is 47.7 Å². The number of nitrogens with one attached hydrogen (secondary N) is 2. The Kier molecular flexibility index (Phi) is 3.19. The Morgan fingerprint density at radius 3 is 2.55 bits per heavy atom. The topological polar surface area (TPSA) is 52.0 Å². The van der Waals surface area contributed by atoms with Crippen LogP contribution in [-0.4, -0.2) is 16.5 Å². The van der Waals surface area contributed by atoms with Crippen molar-refractivity contribution in [2.45, 2.75) is 25.8 Å². The summed E-state index contributed by atoms with van der Waals surface area (Å²) in [6.45, 7) is 6.19. The minimum Gasteiger partial charge on any atom is -0.332 e. The van der Waals surface area contributed by atoms with E-state index in [9.17, 15) is 0 Å². The summed E-state index contributed by atoms with van der Waals surface area (Å²) in [6, 6.07) is 2.11. The molecule has 3 rings (SSSR count). The predicted octanol–water partition coefficient (Wildman–Crippen LogP) is 4.20. The number of thiazole rings is 1. The van der Waals surface area contributed by atoms with Crippen LogP contribution in [0.4, 0.5) is 0 Å². The summed E-state index contributed by atoms with van der Waals surface area (Å²) in [5, 5.41) is 8.87. The Bertz CT molecular complexity index is 840. The van der Waals surface area contributed by atoms with Crippen molar-refractivity contribution < 1.29 is 0 Å². The fraction of sp³-hybridized carbons (Fsp3) is 0.214. The van der Waals surface area contributed by atoms with Crippen LogP contribution in [0.15, 0.2) is 16.1 Å². The summed E-state index contributed by atoms with van der Waals surface area (Å²) in [7, 11) is 0. The van der Waals surface area contributed by atoms with E-state index < -0.39 is 0 Å². The average Bonchev–Trinajstić information content (AvgIpc) is 2.86. The maximum atomic E-state index is 8.15. The number of fused-ring (bicyclic) bond motifs is 1. The minimum absolute atomic E-state index is 0.322. The molecule has 2 aromatic rings. The van der Waals surface area contributed by atoms with Crippen LogP contribution >= 0.6 is 36.2 Å². The standard InChI is InChI=1S/C14H13N3S3/c1-5-4-6(2)8-9(7(5)3)10(16-12(8)15)11-13(18)17-14(19)20-11/h4,15,18H,1-3H3,(H,17,19). The highest BCUT2D eigenvalue weighted by Crippen LogP contribution is 2.33. The summed E-state index contributed by atoms with van der Waals surface area (Å²) in [5.74, 6) is 0.322. The third-order valence-corrected chi connectivity index (χ3v) is 5.31. The molecule has 6 heteroatoms. The van der Waals surface area contributed by atoms with Gasteiger partial charge in [0.2, 0.25) is 0 Å². The van der Waals surface area contributed by atoms with Crippen molar-refractivity contribution in [3.63, 3.8) is 0 Å². The second kappa shape index (κ2) is 4.65. The van der Waals surface area contributed by atoms with Gasteiger partial charge >= 0.3 is 0 Å². The summed E-state index contributed by atoms with van der Waals surface area (Å²) in [6.07, 6.45) is 0. The quantitative estimate of drug-likeness (QED) is 0.535. The molecule has 0 amide bonds. The summed E-state index contributed by atoms with van der Waals surface area (Å²) in [4.78, 5) is 8.40. The van der Waals surface area contributed by atoms with Crippen LogP contribution in [0.25, 0.3) is 0 Å². The fourth-order valence-corrected chi connectivity index (χ4v) is 4.15. The predicted molar refractivity (Wildman–Crippen MR) is 89.9 cm³/mol. The number of nitrogens with zero attached hydrogens (tertiary/aromatic N) is 1. The molecule has 0 saturated carbocycles. The monoisotopic (exact) mass is 319 g/mol.